The van der Waals surface area contributed by atoms with Crippen LogP contribution in [0.1, 0.15) is 32.6 Å². The van der Waals surface area contributed by atoms with E-state index < -0.39 is 0 Å². The Morgan fingerprint density at radius 1 is 1.33 bits per heavy atom. The Balaban J connectivity index is 1.90. The van der Waals surface area contributed by atoms with Gasteiger partial charge in [-0.25, -0.2) is 0 Å². The van der Waals surface area contributed by atoms with E-state index in [-0.39, 0.29) is 0 Å². The first-order valence-electron chi connectivity index (χ1n) is 6.91. The van der Waals surface area contributed by atoms with Crippen LogP contribution in [0.25, 0.3) is 0 Å². The Morgan fingerprint density at radius 2 is 2.17 bits per heavy atom. The molecule has 0 bridgehead atoms. The van der Waals surface area contributed by atoms with Gasteiger partial charge in [-0.3, -0.25) is 0 Å². The molecule has 0 aliphatic carbocycles. The Hall–Kier alpha value is -0.730. The molecule has 1 aliphatic heterocycles. The highest BCUT2D eigenvalue weighted by atomic mass is 35.5. The number of nitrogens with zero attached hydrogens (tertiary/aromatic N) is 1. The minimum atomic E-state index is 0.426. The third-order valence-corrected chi connectivity index (χ3v) is 3.52. The first kappa shape index (κ1) is 13.7. The molecule has 1 heterocycles. The summed E-state index contributed by atoms with van der Waals surface area (Å²) < 4.78 is 5.34. The molecular weight excluding hydrogens is 246 g/mol. The topological polar surface area (TPSA) is 15.8 Å². The van der Waals surface area contributed by atoms with Crippen molar-refractivity contribution >= 4 is 17.3 Å². The van der Waals surface area contributed by atoms with E-state index in [9.17, 15) is 0 Å². The van der Waals surface area contributed by atoms with Crippen LogP contribution < -0.4 is 4.90 Å². The molecule has 18 heavy (non-hydrogen) atoms. The van der Waals surface area contributed by atoms with Crippen molar-refractivity contribution in [3.63, 3.8) is 0 Å². The van der Waals surface area contributed by atoms with E-state index >= 15 is 0 Å². The second-order valence-electron chi connectivity index (χ2n) is 4.94. The average Bonchev–Trinajstić information content (AvgIpc) is 3.17. The predicted molar refractivity (Wildman–Crippen MR) is 77.5 cm³/mol. The number of hydrogen-bond acceptors (Lipinski definition) is 2. The minimum Gasteiger partial charge on any atom is -0.371 e. The summed E-state index contributed by atoms with van der Waals surface area (Å²) in [6.07, 6.45) is 5.58. The van der Waals surface area contributed by atoms with E-state index in [1.165, 1.54) is 31.4 Å². The maximum atomic E-state index is 6.07. The third kappa shape index (κ3) is 4.51. The van der Waals surface area contributed by atoms with Gasteiger partial charge in [0.1, 0.15) is 0 Å². The molecule has 0 aromatic heterocycles. The van der Waals surface area contributed by atoms with Crippen LogP contribution in [0.4, 0.5) is 5.69 Å². The second kappa shape index (κ2) is 7.01. The SMILES string of the molecule is CCCCCCN(CC1CO1)c1cccc(Cl)c1. The highest BCUT2D eigenvalue weighted by Crippen LogP contribution is 2.22. The molecule has 0 radical (unpaired) electrons. The van der Waals surface area contributed by atoms with Gasteiger partial charge in [-0.1, -0.05) is 43.9 Å². The first-order valence-corrected chi connectivity index (χ1v) is 7.29. The zero-order valence-corrected chi connectivity index (χ0v) is 11.8. The molecule has 1 saturated heterocycles. The van der Waals surface area contributed by atoms with Gasteiger partial charge in [-0.15, -0.1) is 0 Å². The summed E-state index contributed by atoms with van der Waals surface area (Å²) in [7, 11) is 0. The van der Waals surface area contributed by atoms with E-state index in [1.807, 2.05) is 18.2 Å². The number of epoxide rings is 1. The van der Waals surface area contributed by atoms with Gasteiger partial charge < -0.3 is 9.64 Å². The summed E-state index contributed by atoms with van der Waals surface area (Å²) in [5.41, 5.74) is 1.22. The van der Waals surface area contributed by atoms with Gasteiger partial charge in [0.25, 0.3) is 0 Å². The number of hydrogen-bond donors (Lipinski definition) is 0. The van der Waals surface area contributed by atoms with Crippen molar-refractivity contribution in [1.82, 2.24) is 0 Å². The minimum absolute atomic E-state index is 0.426. The second-order valence-corrected chi connectivity index (χ2v) is 5.38. The molecule has 100 valence electrons. The van der Waals surface area contributed by atoms with Crippen molar-refractivity contribution in [2.45, 2.75) is 38.7 Å². The van der Waals surface area contributed by atoms with Crippen LogP contribution in [-0.2, 0) is 4.74 Å². The summed E-state index contributed by atoms with van der Waals surface area (Å²) >= 11 is 6.07. The summed E-state index contributed by atoms with van der Waals surface area (Å²) in [6.45, 7) is 5.24. The summed E-state index contributed by atoms with van der Waals surface area (Å²) in [5, 5.41) is 0.808. The Kier molecular flexibility index (Phi) is 5.33. The number of rotatable bonds is 8. The van der Waals surface area contributed by atoms with Crippen molar-refractivity contribution in [3.8, 4) is 0 Å². The van der Waals surface area contributed by atoms with E-state index in [1.54, 1.807) is 0 Å². The van der Waals surface area contributed by atoms with Crippen molar-refractivity contribution in [1.29, 1.82) is 0 Å². The summed E-state index contributed by atoms with van der Waals surface area (Å²) in [6, 6.07) is 8.12. The third-order valence-electron chi connectivity index (χ3n) is 3.28. The largest absolute Gasteiger partial charge is 0.371 e. The molecule has 1 aromatic rings. The van der Waals surface area contributed by atoms with Crippen LogP contribution in [0.3, 0.4) is 0 Å². The van der Waals surface area contributed by atoms with E-state index in [4.69, 9.17) is 16.3 Å². The van der Waals surface area contributed by atoms with Gasteiger partial charge >= 0.3 is 0 Å². The Labute approximate surface area is 115 Å². The quantitative estimate of drug-likeness (QED) is 0.520. The summed E-state index contributed by atoms with van der Waals surface area (Å²) in [5.74, 6) is 0. The molecule has 0 saturated carbocycles. The Bertz CT molecular complexity index is 365. The average molecular weight is 268 g/mol. The van der Waals surface area contributed by atoms with Crippen LogP contribution in [-0.4, -0.2) is 25.8 Å². The van der Waals surface area contributed by atoms with Gasteiger partial charge in [0.05, 0.1) is 12.7 Å². The van der Waals surface area contributed by atoms with E-state index in [2.05, 4.69) is 17.9 Å². The molecule has 0 amide bonds. The molecule has 1 atom stereocenters. The van der Waals surface area contributed by atoms with E-state index in [0.717, 1.165) is 24.7 Å². The van der Waals surface area contributed by atoms with Gasteiger partial charge in [-0.05, 0) is 24.6 Å². The van der Waals surface area contributed by atoms with Gasteiger partial charge in [0.2, 0.25) is 0 Å². The molecule has 3 heteroatoms. The maximum Gasteiger partial charge on any atom is 0.0984 e. The molecule has 1 unspecified atom stereocenters. The number of halogens is 1. The molecule has 2 nitrogen and oxygen atoms in total. The lowest BCUT2D eigenvalue weighted by Crippen LogP contribution is -2.28. The smallest absolute Gasteiger partial charge is 0.0984 e. The molecule has 2 rings (SSSR count). The van der Waals surface area contributed by atoms with Gasteiger partial charge in [0, 0.05) is 23.8 Å². The van der Waals surface area contributed by atoms with Crippen molar-refractivity contribution in [2.24, 2.45) is 0 Å². The van der Waals surface area contributed by atoms with Crippen molar-refractivity contribution in [2.75, 3.05) is 24.6 Å². The first-order chi connectivity index (χ1) is 8.79. The van der Waals surface area contributed by atoms with Crippen LogP contribution in [0, 0.1) is 0 Å². The lowest BCUT2D eigenvalue weighted by atomic mass is 10.2. The Morgan fingerprint density at radius 3 is 2.83 bits per heavy atom. The van der Waals surface area contributed by atoms with Gasteiger partial charge in [0.15, 0.2) is 0 Å². The van der Waals surface area contributed by atoms with Crippen LogP contribution >= 0.6 is 11.6 Å². The number of benzene rings is 1. The predicted octanol–water partition coefficient (Wildman–Crippen LogP) is 4.13. The molecule has 1 fully saturated rings. The highest BCUT2D eigenvalue weighted by Gasteiger charge is 2.25. The van der Waals surface area contributed by atoms with Crippen molar-refractivity contribution < 1.29 is 4.74 Å². The zero-order chi connectivity index (χ0) is 12.8. The monoisotopic (exact) mass is 267 g/mol. The number of ether oxygens (including phenoxy) is 1. The lowest BCUT2D eigenvalue weighted by molar-refractivity contribution is 0.406. The summed E-state index contributed by atoms with van der Waals surface area (Å²) in [4.78, 5) is 2.40. The van der Waals surface area contributed by atoms with Crippen LogP contribution in [0.2, 0.25) is 5.02 Å². The van der Waals surface area contributed by atoms with Crippen LogP contribution in [0.5, 0.6) is 0 Å². The number of unbranched alkanes of at least 4 members (excludes halogenated alkanes) is 3. The lowest BCUT2D eigenvalue weighted by Gasteiger charge is -2.24. The molecular formula is C15H22ClNO. The molecule has 1 aliphatic rings. The normalized spacial score (nSPS) is 17.8. The molecule has 0 N–H and O–H groups in total. The molecule has 0 spiro atoms. The fraction of sp³-hybridized carbons (Fsp3) is 0.600. The standard InChI is InChI=1S/C15H22ClNO/c1-2-3-4-5-9-17(11-15-12-18-15)14-8-6-7-13(16)10-14/h6-8,10,15H,2-5,9,11-12H2,1H3. The molecule has 1 aromatic carbocycles. The zero-order valence-electron chi connectivity index (χ0n) is 11.1. The van der Waals surface area contributed by atoms with Crippen LogP contribution in [0.15, 0.2) is 24.3 Å². The number of anilines is 1. The van der Waals surface area contributed by atoms with E-state index in [0.29, 0.717) is 6.10 Å². The van der Waals surface area contributed by atoms with Gasteiger partial charge in [-0.2, -0.15) is 0 Å². The fourth-order valence-electron chi connectivity index (χ4n) is 2.15. The highest BCUT2D eigenvalue weighted by molar-refractivity contribution is 6.30. The maximum absolute atomic E-state index is 6.07. The van der Waals surface area contributed by atoms with Crippen molar-refractivity contribution in [3.05, 3.63) is 29.3 Å². The fourth-order valence-corrected chi connectivity index (χ4v) is 2.33.